The largest absolute Gasteiger partial charge is 0.462 e. The van der Waals surface area contributed by atoms with Gasteiger partial charge in [-0.15, -0.1) is 0 Å². The predicted molar refractivity (Wildman–Crippen MR) is 45.6 cm³/mol. The summed E-state index contributed by atoms with van der Waals surface area (Å²) in [6, 6.07) is 0. The van der Waals surface area contributed by atoms with E-state index < -0.39 is 17.7 Å². The van der Waals surface area contributed by atoms with Crippen molar-refractivity contribution in [3.63, 3.8) is 0 Å². The fourth-order valence-corrected chi connectivity index (χ4v) is 0.712. The first-order chi connectivity index (χ1) is 6.29. The average Bonchev–Trinajstić information content (AvgIpc) is 1.98. The first-order valence-corrected chi connectivity index (χ1v) is 3.90. The van der Waals surface area contributed by atoms with E-state index in [-0.39, 0.29) is 12.2 Å². The van der Waals surface area contributed by atoms with Gasteiger partial charge in [-0.05, 0) is 19.9 Å². The number of esters is 1. The molecule has 80 valence electrons. The number of allylic oxidation sites excluding steroid dienone is 2. The van der Waals surface area contributed by atoms with Crippen molar-refractivity contribution < 1.29 is 22.7 Å². The van der Waals surface area contributed by atoms with Crippen LogP contribution in [0.1, 0.15) is 13.8 Å². The third-order valence-electron chi connectivity index (χ3n) is 1.19. The van der Waals surface area contributed by atoms with E-state index in [1.54, 1.807) is 0 Å². The maximum absolute atomic E-state index is 12.2. The summed E-state index contributed by atoms with van der Waals surface area (Å²) in [5.74, 6) is -1.37. The van der Waals surface area contributed by atoms with Crippen molar-refractivity contribution in [1.82, 2.24) is 0 Å². The minimum absolute atomic E-state index is 0.0948. The minimum atomic E-state index is -4.70. The fraction of sp³-hybridized carbons (Fsp3) is 0.444. The highest BCUT2D eigenvalue weighted by Crippen LogP contribution is 2.27. The molecule has 0 saturated carbocycles. The van der Waals surface area contributed by atoms with Crippen molar-refractivity contribution in [1.29, 1.82) is 0 Å². The third kappa shape index (κ3) is 4.11. The van der Waals surface area contributed by atoms with E-state index in [0.717, 1.165) is 0 Å². The molecule has 0 radical (unpaired) electrons. The molecule has 0 heterocycles. The monoisotopic (exact) mass is 208 g/mol. The molecule has 2 nitrogen and oxygen atoms in total. The SMILES string of the molecule is C=C(C)C=C(C(=O)OCC)C(F)(F)F. The van der Waals surface area contributed by atoms with Crippen LogP contribution in [0.2, 0.25) is 0 Å². The van der Waals surface area contributed by atoms with Crippen molar-refractivity contribution >= 4 is 5.97 Å². The first kappa shape index (κ1) is 12.7. The van der Waals surface area contributed by atoms with Crippen molar-refractivity contribution in [2.75, 3.05) is 6.61 Å². The summed E-state index contributed by atoms with van der Waals surface area (Å²) in [6.45, 7) is 5.98. The van der Waals surface area contributed by atoms with Gasteiger partial charge in [0.05, 0.1) is 6.61 Å². The standard InChI is InChI=1S/C9H11F3O2/c1-4-14-8(13)7(5-6(2)3)9(10,11)12/h5H,2,4H2,1,3H3. The number of hydrogen-bond acceptors (Lipinski definition) is 2. The van der Waals surface area contributed by atoms with Gasteiger partial charge in [-0.1, -0.05) is 12.2 Å². The number of halogens is 3. The lowest BCUT2D eigenvalue weighted by atomic mass is 10.2. The molecule has 0 N–H and O–H groups in total. The molecule has 0 atom stereocenters. The van der Waals surface area contributed by atoms with Crippen LogP contribution < -0.4 is 0 Å². The van der Waals surface area contributed by atoms with E-state index in [0.29, 0.717) is 6.08 Å². The van der Waals surface area contributed by atoms with Crippen molar-refractivity contribution in [3.8, 4) is 0 Å². The topological polar surface area (TPSA) is 26.3 Å². The molecular weight excluding hydrogens is 197 g/mol. The van der Waals surface area contributed by atoms with Crippen LogP contribution in [-0.4, -0.2) is 18.8 Å². The summed E-state index contributed by atoms with van der Waals surface area (Å²) in [6.07, 6.45) is -4.04. The van der Waals surface area contributed by atoms with Crippen LogP contribution in [0.4, 0.5) is 13.2 Å². The zero-order chi connectivity index (χ0) is 11.4. The second kappa shape index (κ2) is 4.83. The van der Waals surface area contributed by atoms with Crippen LogP contribution in [0.25, 0.3) is 0 Å². The van der Waals surface area contributed by atoms with E-state index >= 15 is 0 Å². The van der Waals surface area contributed by atoms with E-state index in [4.69, 9.17) is 0 Å². The molecule has 0 saturated heterocycles. The molecule has 0 bridgehead atoms. The number of hydrogen-bond donors (Lipinski definition) is 0. The fourth-order valence-electron chi connectivity index (χ4n) is 0.712. The van der Waals surface area contributed by atoms with Gasteiger partial charge in [0.25, 0.3) is 0 Å². The second-order valence-electron chi connectivity index (χ2n) is 2.62. The Bertz CT molecular complexity index is 264. The highest BCUT2D eigenvalue weighted by molar-refractivity contribution is 5.90. The summed E-state index contributed by atoms with van der Waals surface area (Å²) in [5, 5.41) is 0. The number of alkyl halides is 3. The normalized spacial score (nSPS) is 12.5. The van der Waals surface area contributed by atoms with E-state index in [9.17, 15) is 18.0 Å². The lowest BCUT2D eigenvalue weighted by Crippen LogP contribution is -2.22. The van der Waals surface area contributed by atoms with Gasteiger partial charge in [-0.25, -0.2) is 4.79 Å². The quantitative estimate of drug-likeness (QED) is 0.405. The molecule has 0 spiro atoms. The molecule has 14 heavy (non-hydrogen) atoms. The zero-order valence-corrected chi connectivity index (χ0v) is 7.94. The van der Waals surface area contributed by atoms with Crippen LogP contribution in [0.5, 0.6) is 0 Å². The van der Waals surface area contributed by atoms with Gasteiger partial charge in [0, 0.05) is 0 Å². The first-order valence-electron chi connectivity index (χ1n) is 3.90. The molecule has 0 aromatic heterocycles. The minimum Gasteiger partial charge on any atom is -0.462 e. The van der Waals surface area contributed by atoms with Crippen molar-refractivity contribution in [2.24, 2.45) is 0 Å². The van der Waals surface area contributed by atoms with Gasteiger partial charge < -0.3 is 4.74 Å². The summed E-state index contributed by atoms with van der Waals surface area (Å²) >= 11 is 0. The zero-order valence-electron chi connectivity index (χ0n) is 7.94. The molecule has 0 aromatic carbocycles. The molecule has 0 rings (SSSR count). The predicted octanol–water partition coefficient (Wildman–Crippen LogP) is 2.61. The van der Waals surface area contributed by atoms with Gasteiger partial charge in [0.2, 0.25) is 0 Å². The lowest BCUT2D eigenvalue weighted by Gasteiger charge is -2.10. The maximum Gasteiger partial charge on any atom is 0.423 e. The van der Waals surface area contributed by atoms with Gasteiger partial charge >= 0.3 is 12.1 Å². The second-order valence-corrected chi connectivity index (χ2v) is 2.62. The smallest absolute Gasteiger partial charge is 0.423 e. The van der Waals surface area contributed by atoms with Crippen LogP contribution in [0.15, 0.2) is 23.8 Å². The molecule has 5 heteroatoms. The molecule has 0 aliphatic rings. The average molecular weight is 208 g/mol. The van der Waals surface area contributed by atoms with E-state index in [1.807, 2.05) is 0 Å². The van der Waals surface area contributed by atoms with E-state index in [2.05, 4.69) is 11.3 Å². The highest BCUT2D eigenvalue weighted by atomic mass is 19.4. The van der Waals surface area contributed by atoms with Crippen molar-refractivity contribution in [3.05, 3.63) is 23.8 Å². The van der Waals surface area contributed by atoms with Gasteiger partial charge in [0.15, 0.2) is 0 Å². The molecule has 0 fully saturated rings. The number of carbonyl (C=O) groups is 1. The Morgan fingerprint density at radius 1 is 1.50 bits per heavy atom. The third-order valence-corrected chi connectivity index (χ3v) is 1.19. The van der Waals surface area contributed by atoms with Crippen LogP contribution in [0.3, 0.4) is 0 Å². The van der Waals surface area contributed by atoms with Crippen LogP contribution in [-0.2, 0) is 9.53 Å². The summed E-state index contributed by atoms with van der Waals surface area (Å²) in [4.78, 5) is 10.9. The van der Waals surface area contributed by atoms with Crippen LogP contribution in [0, 0.1) is 0 Å². The number of rotatable bonds is 3. The number of carbonyl (C=O) groups excluding carboxylic acids is 1. The molecule has 0 aliphatic heterocycles. The molecule has 0 aromatic rings. The van der Waals surface area contributed by atoms with E-state index in [1.165, 1.54) is 13.8 Å². The summed E-state index contributed by atoms with van der Waals surface area (Å²) in [5.41, 5.74) is -1.18. The van der Waals surface area contributed by atoms with Gasteiger partial charge in [-0.2, -0.15) is 13.2 Å². The molecule has 0 unspecified atom stereocenters. The molecule has 0 aliphatic carbocycles. The lowest BCUT2D eigenvalue weighted by molar-refractivity contribution is -0.150. The molecular formula is C9H11F3O2. The van der Waals surface area contributed by atoms with Crippen molar-refractivity contribution in [2.45, 2.75) is 20.0 Å². The Morgan fingerprint density at radius 3 is 2.29 bits per heavy atom. The Labute approximate surface area is 80.1 Å². The summed E-state index contributed by atoms with van der Waals surface area (Å²) in [7, 11) is 0. The highest BCUT2D eigenvalue weighted by Gasteiger charge is 2.39. The number of ether oxygens (including phenoxy) is 1. The Morgan fingerprint density at radius 2 is 2.00 bits per heavy atom. The van der Waals surface area contributed by atoms with Gasteiger partial charge in [-0.3, -0.25) is 0 Å². The maximum atomic E-state index is 12.2. The summed E-state index contributed by atoms with van der Waals surface area (Å²) < 4.78 is 41.0. The Balaban J connectivity index is 4.93. The molecule has 0 amide bonds. The van der Waals surface area contributed by atoms with Gasteiger partial charge in [0.1, 0.15) is 5.57 Å². The Hall–Kier alpha value is -1.26. The Kier molecular flexibility index (Phi) is 4.40. The van der Waals surface area contributed by atoms with Crippen LogP contribution >= 0.6 is 0 Å².